The van der Waals surface area contributed by atoms with E-state index in [0.717, 1.165) is 13.1 Å². The van der Waals surface area contributed by atoms with E-state index in [2.05, 4.69) is 42.6 Å². The fourth-order valence-electron chi connectivity index (χ4n) is 2.19. The van der Waals surface area contributed by atoms with Crippen LogP contribution in [-0.2, 0) is 6.42 Å². The Labute approximate surface area is 92.2 Å². The van der Waals surface area contributed by atoms with Gasteiger partial charge in [0, 0.05) is 6.54 Å². The summed E-state index contributed by atoms with van der Waals surface area (Å²) in [5, 5.41) is 3.36. The van der Waals surface area contributed by atoms with Crippen molar-refractivity contribution in [3.63, 3.8) is 0 Å². The fraction of sp³-hybridized carbons (Fsp3) is 0.429. The zero-order chi connectivity index (χ0) is 10.5. The van der Waals surface area contributed by atoms with Crippen LogP contribution >= 0.6 is 0 Å². The maximum absolute atomic E-state index is 3.36. The second-order valence-corrected chi connectivity index (χ2v) is 4.09. The van der Waals surface area contributed by atoms with Crippen molar-refractivity contribution in [2.45, 2.75) is 26.2 Å². The Bertz CT molecular complexity index is 352. The van der Waals surface area contributed by atoms with E-state index in [-0.39, 0.29) is 0 Å². The lowest BCUT2D eigenvalue weighted by Gasteiger charge is -2.17. The molecule has 1 aliphatic rings. The number of hydrogen-bond donors (Lipinski definition) is 1. The van der Waals surface area contributed by atoms with Crippen LogP contribution < -0.4 is 5.32 Å². The van der Waals surface area contributed by atoms with Crippen molar-refractivity contribution in [3.05, 3.63) is 41.5 Å². The summed E-state index contributed by atoms with van der Waals surface area (Å²) in [7, 11) is 0. The van der Waals surface area contributed by atoms with Crippen LogP contribution in [-0.4, -0.2) is 13.1 Å². The van der Waals surface area contributed by atoms with Crippen molar-refractivity contribution in [2.75, 3.05) is 13.1 Å². The monoisotopic (exact) mass is 201 g/mol. The first-order valence-electron chi connectivity index (χ1n) is 5.90. The molecule has 1 heterocycles. The van der Waals surface area contributed by atoms with Gasteiger partial charge in [-0.2, -0.15) is 0 Å². The molecule has 1 aliphatic heterocycles. The van der Waals surface area contributed by atoms with Crippen molar-refractivity contribution in [2.24, 2.45) is 0 Å². The van der Waals surface area contributed by atoms with E-state index in [1.165, 1.54) is 36.0 Å². The summed E-state index contributed by atoms with van der Waals surface area (Å²) in [6.45, 7) is 4.38. The zero-order valence-electron chi connectivity index (χ0n) is 9.42. The highest BCUT2D eigenvalue weighted by Crippen LogP contribution is 2.24. The van der Waals surface area contributed by atoms with Gasteiger partial charge in [0.15, 0.2) is 0 Å². The molecule has 0 bridgehead atoms. The smallest absolute Gasteiger partial charge is 0.0140 e. The number of aryl methyl sites for hydroxylation is 1. The fourth-order valence-corrected chi connectivity index (χ4v) is 2.19. The molecular formula is C14H19N. The normalized spacial score (nSPS) is 16.2. The highest BCUT2D eigenvalue weighted by Gasteiger charge is 2.08. The molecule has 0 atom stereocenters. The summed E-state index contributed by atoms with van der Waals surface area (Å²) < 4.78 is 0. The van der Waals surface area contributed by atoms with Gasteiger partial charge in [0.1, 0.15) is 0 Å². The summed E-state index contributed by atoms with van der Waals surface area (Å²) >= 11 is 0. The topological polar surface area (TPSA) is 12.0 Å². The highest BCUT2D eigenvalue weighted by atomic mass is 14.8. The lowest BCUT2D eigenvalue weighted by atomic mass is 9.93. The molecule has 0 amide bonds. The molecular weight excluding hydrogens is 182 g/mol. The molecule has 0 saturated carbocycles. The van der Waals surface area contributed by atoms with Gasteiger partial charge in [-0.05, 0) is 36.1 Å². The molecule has 1 heteroatoms. The van der Waals surface area contributed by atoms with E-state index in [4.69, 9.17) is 0 Å². The minimum absolute atomic E-state index is 1.02. The molecule has 1 aromatic rings. The minimum atomic E-state index is 1.02. The van der Waals surface area contributed by atoms with E-state index in [1.807, 2.05) is 0 Å². The Balaban J connectivity index is 2.29. The van der Waals surface area contributed by atoms with Gasteiger partial charge < -0.3 is 5.32 Å². The van der Waals surface area contributed by atoms with Gasteiger partial charge in [-0.15, -0.1) is 0 Å². The molecule has 0 radical (unpaired) electrons. The second kappa shape index (κ2) is 5.13. The Morgan fingerprint density at radius 3 is 2.87 bits per heavy atom. The van der Waals surface area contributed by atoms with Crippen LogP contribution in [0.3, 0.4) is 0 Å². The van der Waals surface area contributed by atoms with Crippen molar-refractivity contribution >= 4 is 5.57 Å². The average Bonchev–Trinajstić information content (AvgIpc) is 2.31. The Kier molecular flexibility index (Phi) is 3.57. The third-order valence-corrected chi connectivity index (χ3v) is 2.95. The molecule has 0 unspecified atom stereocenters. The number of hydrogen-bond acceptors (Lipinski definition) is 1. The van der Waals surface area contributed by atoms with Crippen molar-refractivity contribution in [3.8, 4) is 0 Å². The molecule has 0 fully saturated rings. The average molecular weight is 201 g/mol. The summed E-state index contributed by atoms with van der Waals surface area (Å²) in [6.07, 6.45) is 5.92. The highest BCUT2D eigenvalue weighted by molar-refractivity contribution is 5.69. The molecule has 0 aliphatic carbocycles. The van der Waals surface area contributed by atoms with Crippen LogP contribution in [0.25, 0.3) is 5.57 Å². The van der Waals surface area contributed by atoms with Crippen LogP contribution in [0.1, 0.15) is 30.9 Å². The lowest BCUT2D eigenvalue weighted by Crippen LogP contribution is -2.20. The van der Waals surface area contributed by atoms with Crippen molar-refractivity contribution < 1.29 is 0 Å². The molecule has 15 heavy (non-hydrogen) atoms. The first-order chi connectivity index (χ1) is 7.42. The predicted molar refractivity (Wildman–Crippen MR) is 65.9 cm³/mol. The SMILES string of the molecule is CCCc1ccccc1C1=CCNCC1. The largest absolute Gasteiger partial charge is 0.313 e. The van der Waals surface area contributed by atoms with E-state index in [9.17, 15) is 0 Å². The Morgan fingerprint density at radius 1 is 1.27 bits per heavy atom. The van der Waals surface area contributed by atoms with Gasteiger partial charge >= 0.3 is 0 Å². The van der Waals surface area contributed by atoms with Crippen molar-refractivity contribution in [1.29, 1.82) is 0 Å². The number of rotatable bonds is 3. The second-order valence-electron chi connectivity index (χ2n) is 4.09. The van der Waals surface area contributed by atoms with E-state index >= 15 is 0 Å². The first kappa shape index (κ1) is 10.4. The molecule has 1 N–H and O–H groups in total. The van der Waals surface area contributed by atoms with Crippen molar-refractivity contribution in [1.82, 2.24) is 5.32 Å². The van der Waals surface area contributed by atoms with Gasteiger partial charge in [0.25, 0.3) is 0 Å². The van der Waals surface area contributed by atoms with Crippen LogP contribution in [0.15, 0.2) is 30.3 Å². The zero-order valence-corrected chi connectivity index (χ0v) is 9.42. The lowest BCUT2D eigenvalue weighted by molar-refractivity contribution is 0.737. The van der Waals surface area contributed by atoms with Gasteiger partial charge in [0.2, 0.25) is 0 Å². The van der Waals surface area contributed by atoms with Gasteiger partial charge in [-0.3, -0.25) is 0 Å². The van der Waals surface area contributed by atoms with Crippen LogP contribution in [0.5, 0.6) is 0 Å². The summed E-state index contributed by atoms with van der Waals surface area (Å²) in [4.78, 5) is 0. The number of benzene rings is 1. The van der Waals surface area contributed by atoms with Gasteiger partial charge in [-0.25, -0.2) is 0 Å². The maximum atomic E-state index is 3.36. The maximum Gasteiger partial charge on any atom is 0.0140 e. The third-order valence-electron chi connectivity index (χ3n) is 2.95. The third kappa shape index (κ3) is 2.48. The summed E-state index contributed by atoms with van der Waals surface area (Å²) in [5.74, 6) is 0. The van der Waals surface area contributed by atoms with Gasteiger partial charge in [-0.1, -0.05) is 43.7 Å². The number of nitrogens with one attached hydrogen (secondary N) is 1. The molecule has 1 nitrogen and oxygen atoms in total. The molecule has 80 valence electrons. The molecule has 0 saturated heterocycles. The first-order valence-corrected chi connectivity index (χ1v) is 5.90. The van der Waals surface area contributed by atoms with Gasteiger partial charge in [0.05, 0.1) is 0 Å². The van der Waals surface area contributed by atoms with Crippen LogP contribution in [0.2, 0.25) is 0 Å². The summed E-state index contributed by atoms with van der Waals surface area (Å²) in [6, 6.07) is 8.83. The minimum Gasteiger partial charge on any atom is -0.313 e. The quantitative estimate of drug-likeness (QED) is 0.792. The Hall–Kier alpha value is -1.08. The molecule has 0 spiro atoms. The van der Waals surface area contributed by atoms with E-state index in [0.29, 0.717) is 0 Å². The molecule has 1 aromatic carbocycles. The summed E-state index contributed by atoms with van der Waals surface area (Å²) in [5.41, 5.74) is 4.51. The van der Waals surface area contributed by atoms with Crippen LogP contribution in [0, 0.1) is 0 Å². The van der Waals surface area contributed by atoms with E-state index in [1.54, 1.807) is 0 Å². The molecule has 2 rings (SSSR count). The Morgan fingerprint density at radius 2 is 2.13 bits per heavy atom. The standard InChI is InChI=1S/C14H19N/c1-2-5-12-6-3-4-7-14(12)13-8-10-15-11-9-13/h3-4,6-8,15H,2,5,9-11H2,1H3. The predicted octanol–water partition coefficient (Wildman–Crippen LogP) is 3.02. The van der Waals surface area contributed by atoms with Crippen LogP contribution in [0.4, 0.5) is 0 Å². The molecule has 0 aromatic heterocycles. The van der Waals surface area contributed by atoms with E-state index < -0.39 is 0 Å².